The predicted molar refractivity (Wildman–Crippen MR) is 82.1 cm³/mol. The summed E-state index contributed by atoms with van der Waals surface area (Å²) in [5.41, 5.74) is 2.17. The number of aromatic nitrogens is 2. The fourth-order valence-electron chi connectivity index (χ4n) is 2.58. The molecule has 1 atom stereocenters. The van der Waals surface area contributed by atoms with Crippen LogP contribution in [0.1, 0.15) is 21.7 Å². The number of halogens is 1. The van der Waals surface area contributed by atoms with Crippen molar-refractivity contribution in [3.63, 3.8) is 0 Å². The number of carbonyl (C=O) groups excluding carboxylic acids is 2. The second-order valence-electron chi connectivity index (χ2n) is 5.01. The zero-order chi connectivity index (χ0) is 15.7. The van der Waals surface area contributed by atoms with Gasteiger partial charge in [0, 0.05) is 16.5 Å². The summed E-state index contributed by atoms with van der Waals surface area (Å²) >= 11 is 3.35. The summed E-state index contributed by atoms with van der Waals surface area (Å²) in [6.45, 7) is 0.306. The average Bonchev–Trinajstić information content (AvgIpc) is 2.99. The van der Waals surface area contributed by atoms with Crippen molar-refractivity contribution < 1.29 is 14.3 Å². The lowest BCUT2D eigenvalue weighted by molar-refractivity contribution is -0.146. The summed E-state index contributed by atoms with van der Waals surface area (Å²) in [5.74, 6) is -0.644. The van der Waals surface area contributed by atoms with E-state index in [1.165, 1.54) is 12.0 Å². The van der Waals surface area contributed by atoms with Gasteiger partial charge in [-0.05, 0) is 18.2 Å². The molecule has 2 aromatic rings. The van der Waals surface area contributed by atoms with E-state index >= 15 is 0 Å². The van der Waals surface area contributed by atoms with Gasteiger partial charge < -0.3 is 14.6 Å². The molecule has 114 valence electrons. The van der Waals surface area contributed by atoms with Crippen LogP contribution in [0.15, 0.2) is 35.1 Å². The van der Waals surface area contributed by atoms with Gasteiger partial charge in [-0.1, -0.05) is 22.0 Å². The van der Waals surface area contributed by atoms with E-state index in [-0.39, 0.29) is 5.91 Å². The number of aromatic amines is 1. The van der Waals surface area contributed by atoms with Crippen molar-refractivity contribution in [3.05, 3.63) is 52.0 Å². The number of ether oxygens (including phenoxy) is 1. The van der Waals surface area contributed by atoms with Gasteiger partial charge in [-0.25, -0.2) is 9.78 Å². The molecule has 1 aromatic heterocycles. The molecule has 2 heterocycles. The Bertz CT molecular complexity index is 728. The first-order chi connectivity index (χ1) is 10.6. The lowest BCUT2D eigenvalue weighted by Gasteiger charge is -2.33. The highest BCUT2D eigenvalue weighted by molar-refractivity contribution is 9.10. The second kappa shape index (κ2) is 5.92. The minimum Gasteiger partial charge on any atom is -0.467 e. The normalized spacial score (nSPS) is 17.0. The Balaban J connectivity index is 1.95. The van der Waals surface area contributed by atoms with Crippen molar-refractivity contribution in [3.8, 4) is 0 Å². The zero-order valence-corrected chi connectivity index (χ0v) is 13.5. The Morgan fingerprint density at radius 2 is 2.27 bits per heavy atom. The molecule has 1 amide bonds. The number of fused-ring (bicyclic) bond motifs is 1. The topological polar surface area (TPSA) is 75.3 Å². The summed E-state index contributed by atoms with van der Waals surface area (Å²) in [6, 6.07) is 6.43. The first-order valence-electron chi connectivity index (χ1n) is 6.75. The van der Waals surface area contributed by atoms with Crippen molar-refractivity contribution >= 4 is 27.8 Å². The van der Waals surface area contributed by atoms with Crippen molar-refractivity contribution in [2.24, 2.45) is 0 Å². The van der Waals surface area contributed by atoms with Crippen molar-refractivity contribution in [1.29, 1.82) is 0 Å². The molecule has 1 N–H and O–H groups in total. The molecule has 1 aliphatic heterocycles. The molecule has 0 spiro atoms. The van der Waals surface area contributed by atoms with Gasteiger partial charge in [0.05, 0.1) is 31.4 Å². The minimum absolute atomic E-state index is 0.211. The third-order valence-electron chi connectivity index (χ3n) is 3.70. The van der Waals surface area contributed by atoms with Crippen LogP contribution in [0.4, 0.5) is 0 Å². The average molecular weight is 364 g/mol. The molecule has 7 heteroatoms. The molecule has 3 rings (SSSR count). The number of esters is 1. The highest BCUT2D eigenvalue weighted by atomic mass is 79.9. The Morgan fingerprint density at radius 1 is 1.45 bits per heavy atom. The van der Waals surface area contributed by atoms with Crippen molar-refractivity contribution in [2.75, 3.05) is 7.11 Å². The van der Waals surface area contributed by atoms with E-state index in [0.29, 0.717) is 18.5 Å². The number of methoxy groups -OCH3 is 1. The van der Waals surface area contributed by atoms with Crippen LogP contribution in [0.5, 0.6) is 0 Å². The van der Waals surface area contributed by atoms with Crippen molar-refractivity contribution in [2.45, 2.75) is 19.0 Å². The summed E-state index contributed by atoms with van der Waals surface area (Å²) in [4.78, 5) is 33.6. The van der Waals surface area contributed by atoms with Crippen LogP contribution in [-0.4, -0.2) is 39.9 Å². The molecule has 6 nitrogen and oxygen atoms in total. The third-order valence-corrected chi connectivity index (χ3v) is 4.20. The van der Waals surface area contributed by atoms with Crippen LogP contribution >= 0.6 is 15.9 Å². The Hall–Kier alpha value is -2.15. The number of nitrogens with one attached hydrogen (secondary N) is 1. The molecular weight excluding hydrogens is 350 g/mol. The van der Waals surface area contributed by atoms with Gasteiger partial charge in [-0.15, -0.1) is 0 Å². The van der Waals surface area contributed by atoms with E-state index in [4.69, 9.17) is 4.74 Å². The lowest BCUT2D eigenvalue weighted by Crippen LogP contribution is -2.49. The quantitative estimate of drug-likeness (QED) is 0.827. The Morgan fingerprint density at radius 3 is 3.00 bits per heavy atom. The first kappa shape index (κ1) is 14.8. The smallest absolute Gasteiger partial charge is 0.329 e. The molecule has 0 aliphatic carbocycles. The molecule has 0 saturated heterocycles. The molecular formula is C15H14BrN3O3. The number of H-pyrrole nitrogens is 1. The first-order valence-corrected chi connectivity index (χ1v) is 7.55. The van der Waals surface area contributed by atoms with Crippen LogP contribution in [0, 0.1) is 0 Å². The maximum Gasteiger partial charge on any atom is 0.329 e. The molecule has 22 heavy (non-hydrogen) atoms. The van der Waals surface area contributed by atoms with Crippen LogP contribution < -0.4 is 0 Å². The van der Waals surface area contributed by atoms with Gasteiger partial charge in [-0.3, -0.25) is 4.79 Å². The summed E-state index contributed by atoms with van der Waals surface area (Å²) in [6.07, 6.45) is 1.93. The monoisotopic (exact) mass is 363 g/mol. The SMILES string of the molecule is COC(=O)C1Cc2nc[nH]c2CN1C(=O)c1cccc(Br)c1. The van der Waals surface area contributed by atoms with Crippen LogP contribution in [0.3, 0.4) is 0 Å². The number of rotatable bonds is 2. The molecule has 1 aromatic carbocycles. The van der Waals surface area contributed by atoms with E-state index in [2.05, 4.69) is 25.9 Å². The van der Waals surface area contributed by atoms with E-state index in [1.807, 2.05) is 6.07 Å². The van der Waals surface area contributed by atoms with Gasteiger partial charge >= 0.3 is 5.97 Å². The number of benzene rings is 1. The molecule has 0 fully saturated rings. The lowest BCUT2D eigenvalue weighted by atomic mass is 10.0. The summed E-state index contributed by atoms with van der Waals surface area (Å²) in [7, 11) is 1.32. The Labute approximate surface area is 135 Å². The molecule has 1 aliphatic rings. The number of carbonyl (C=O) groups is 2. The maximum atomic E-state index is 12.8. The largest absolute Gasteiger partial charge is 0.467 e. The number of amides is 1. The molecule has 0 bridgehead atoms. The fourth-order valence-corrected chi connectivity index (χ4v) is 2.98. The van der Waals surface area contributed by atoms with E-state index < -0.39 is 12.0 Å². The number of nitrogens with zero attached hydrogens (tertiary/aromatic N) is 2. The fraction of sp³-hybridized carbons (Fsp3) is 0.267. The maximum absolute atomic E-state index is 12.8. The van der Waals surface area contributed by atoms with Gasteiger partial charge in [-0.2, -0.15) is 0 Å². The van der Waals surface area contributed by atoms with E-state index in [9.17, 15) is 9.59 Å². The summed E-state index contributed by atoms with van der Waals surface area (Å²) in [5, 5.41) is 0. The second-order valence-corrected chi connectivity index (χ2v) is 5.93. The van der Waals surface area contributed by atoms with Gasteiger partial charge in [0.15, 0.2) is 0 Å². The molecule has 1 unspecified atom stereocenters. The van der Waals surface area contributed by atoms with Crippen LogP contribution in [0.2, 0.25) is 0 Å². The number of hydrogen-bond acceptors (Lipinski definition) is 4. The van der Waals surface area contributed by atoms with Crippen molar-refractivity contribution in [1.82, 2.24) is 14.9 Å². The predicted octanol–water partition coefficient (Wildman–Crippen LogP) is 1.91. The van der Waals surface area contributed by atoms with Gasteiger partial charge in [0.2, 0.25) is 0 Å². The highest BCUT2D eigenvalue weighted by Gasteiger charge is 2.37. The van der Waals surface area contributed by atoms with Crippen LogP contribution in [-0.2, 0) is 22.5 Å². The molecule has 0 saturated carbocycles. The van der Waals surface area contributed by atoms with Gasteiger partial charge in [0.25, 0.3) is 5.91 Å². The zero-order valence-electron chi connectivity index (χ0n) is 11.9. The number of imidazole rings is 1. The standard InChI is InChI=1S/C15H14BrN3O3/c1-22-15(21)13-6-11-12(18-8-17-11)7-19(13)14(20)9-3-2-4-10(16)5-9/h2-5,8,13H,6-7H2,1H3,(H,17,18). The minimum atomic E-state index is -0.660. The van der Waals surface area contributed by atoms with Gasteiger partial charge in [0.1, 0.15) is 6.04 Å². The number of hydrogen-bond donors (Lipinski definition) is 1. The van der Waals surface area contributed by atoms with E-state index in [0.717, 1.165) is 15.9 Å². The highest BCUT2D eigenvalue weighted by Crippen LogP contribution is 2.24. The Kier molecular flexibility index (Phi) is 3.98. The van der Waals surface area contributed by atoms with Crippen LogP contribution in [0.25, 0.3) is 0 Å². The third kappa shape index (κ3) is 2.64. The summed E-state index contributed by atoms with van der Waals surface area (Å²) < 4.78 is 5.65. The molecule has 0 radical (unpaired) electrons. The van der Waals surface area contributed by atoms with E-state index in [1.54, 1.807) is 24.5 Å².